The second-order valence-electron chi connectivity index (χ2n) is 4.64. The topological polar surface area (TPSA) is 3.24 Å². The fourth-order valence-electron chi connectivity index (χ4n) is 2.46. The van der Waals surface area contributed by atoms with Gasteiger partial charge in [-0.3, -0.25) is 0 Å². The zero-order valence-electron chi connectivity index (χ0n) is 10.2. The molecule has 1 aliphatic heterocycles. The molecule has 0 aliphatic carbocycles. The van der Waals surface area contributed by atoms with E-state index < -0.39 is 0 Å². The van der Waals surface area contributed by atoms with Crippen molar-refractivity contribution in [2.24, 2.45) is 0 Å². The van der Waals surface area contributed by atoms with Gasteiger partial charge in [-0.2, -0.15) is 0 Å². The van der Waals surface area contributed by atoms with Crippen LogP contribution in [0.15, 0.2) is 48.5 Å². The van der Waals surface area contributed by atoms with Gasteiger partial charge in [0.25, 0.3) is 0 Å². The first-order chi connectivity index (χ1) is 8.36. The molecular weight excluding hydrogens is 206 g/mol. The van der Waals surface area contributed by atoms with Gasteiger partial charge in [0.15, 0.2) is 0 Å². The Morgan fingerprint density at radius 3 is 2.00 bits per heavy atom. The number of benzene rings is 2. The zero-order chi connectivity index (χ0) is 11.7. The van der Waals surface area contributed by atoms with Gasteiger partial charge in [-0.1, -0.05) is 43.3 Å². The van der Waals surface area contributed by atoms with Crippen molar-refractivity contribution in [3.8, 4) is 0 Å². The lowest BCUT2D eigenvalue weighted by Gasteiger charge is -2.17. The third-order valence-corrected chi connectivity index (χ3v) is 3.55. The van der Waals surface area contributed by atoms with Crippen molar-refractivity contribution in [2.45, 2.75) is 26.4 Å². The Bertz CT molecular complexity index is 488. The van der Waals surface area contributed by atoms with E-state index in [1.807, 2.05) is 0 Å². The van der Waals surface area contributed by atoms with Gasteiger partial charge in [0.1, 0.15) is 0 Å². The van der Waals surface area contributed by atoms with Crippen molar-refractivity contribution in [1.82, 2.24) is 0 Å². The molecule has 0 radical (unpaired) electrons. The quantitative estimate of drug-likeness (QED) is 0.749. The molecule has 1 aliphatic rings. The van der Waals surface area contributed by atoms with Crippen LogP contribution in [0.2, 0.25) is 0 Å². The van der Waals surface area contributed by atoms with Crippen LogP contribution < -0.4 is 4.90 Å². The Morgan fingerprint density at radius 2 is 1.47 bits per heavy atom. The van der Waals surface area contributed by atoms with Gasteiger partial charge in [0.05, 0.1) is 0 Å². The highest BCUT2D eigenvalue weighted by atomic mass is 15.1. The predicted molar refractivity (Wildman–Crippen MR) is 72.1 cm³/mol. The van der Waals surface area contributed by atoms with E-state index in [-0.39, 0.29) is 0 Å². The summed E-state index contributed by atoms with van der Waals surface area (Å²) < 4.78 is 0. The number of fused-ring (bicyclic) bond motifs is 1. The smallest absolute Gasteiger partial charge is 0.0436 e. The van der Waals surface area contributed by atoms with Crippen LogP contribution in [0.4, 0.5) is 5.69 Å². The Balaban J connectivity index is 1.83. The monoisotopic (exact) mass is 223 g/mol. The zero-order valence-corrected chi connectivity index (χ0v) is 10.2. The first-order valence-electron chi connectivity index (χ1n) is 6.27. The van der Waals surface area contributed by atoms with Gasteiger partial charge in [0.2, 0.25) is 0 Å². The molecule has 0 atom stereocenters. The largest absolute Gasteiger partial charge is 0.363 e. The number of aryl methyl sites for hydroxylation is 1. The summed E-state index contributed by atoms with van der Waals surface area (Å²) >= 11 is 0. The van der Waals surface area contributed by atoms with Gasteiger partial charge < -0.3 is 4.90 Å². The summed E-state index contributed by atoms with van der Waals surface area (Å²) in [5, 5.41) is 0. The fraction of sp³-hybridized carbons (Fsp3) is 0.250. The van der Waals surface area contributed by atoms with Crippen LogP contribution in [0.5, 0.6) is 0 Å². The van der Waals surface area contributed by atoms with Crippen LogP contribution in [-0.4, -0.2) is 0 Å². The highest BCUT2D eigenvalue weighted by Gasteiger charge is 2.17. The van der Waals surface area contributed by atoms with Crippen molar-refractivity contribution >= 4 is 5.69 Å². The minimum atomic E-state index is 1.04. The average Bonchev–Trinajstić information content (AvgIpc) is 2.82. The summed E-state index contributed by atoms with van der Waals surface area (Å²) in [5.41, 5.74) is 5.67. The molecule has 1 heteroatoms. The minimum Gasteiger partial charge on any atom is -0.363 e. The Labute approximate surface area is 103 Å². The molecule has 3 rings (SSSR count). The third kappa shape index (κ3) is 1.93. The molecule has 0 aromatic heterocycles. The molecule has 17 heavy (non-hydrogen) atoms. The van der Waals surface area contributed by atoms with Crippen molar-refractivity contribution < 1.29 is 0 Å². The van der Waals surface area contributed by atoms with Crippen molar-refractivity contribution in [1.29, 1.82) is 0 Å². The number of rotatable bonds is 2. The normalized spacial score (nSPS) is 13.8. The van der Waals surface area contributed by atoms with E-state index in [4.69, 9.17) is 0 Å². The summed E-state index contributed by atoms with van der Waals surface area (Å²) in [4.78, 5) is 2.43. The second kappa shape index (κ2) is 4.25. The minimum absolute atomic E-state index is 1.04. The Morgan fingerprint density at radius 1 is 0.882 bits per heavy atom. The lowest BCUT2D eigenvalue weighted by molar-refractivity contribution is 0.879. The molecule has 86 valence electrons. The molecule has 1 heterocycles. The van der Waals surface area contributed by atoms with Gasteiger partial charge in [0, 0.05) is 18.8 Å². The number of hydrogen-bond donors (Lipinski definition) is 0. The molecule has 0 amide bonds. The fourth-order valence-corrected chi connectivity index (χ4v) is 2.46. The lowest BCUT2D eigenvalue weighted by Crippen LogP contribution is -2.14. The molecule has 0 saturated carbocycles. The van der Waals surface area contributed by atoms with Crippen molar-refractivity contribution in [3.05, 3.63) is 65.2 Å². The van der Waals surface area contributed by atoms with Gasteiger partial charge >= 0.3 is 0 Å². The van der Waals surface area contributed by atoms with E-state index in [0.717, 1.165) is 19.5 Å². The van der Waals surface area contributed by atoms with E-state index >= 15 is 0 Å². The summed E-state index contributed by atoms with van der Waals surface area (Å²) in [6.07, 6.45) is 1.11. The molecule has 0 N–H and O–H groups in total. The van der Waals surface area contributed by atoms with E-state index in [0.29, 0.717) is 0 Å². The molecule has 1 nitrogen and oxygen atoms in total. The van der Waals surface area contributed by atoms with Crippen LogP contribution >= 0.6 is 0 Å². The predicted octanol–water partition coefficient (Wildman–Crippen LogP) is 3.77. The summed E-state index contributed by atoms with van der Waals surface area (Å²) in [6.45, 7) is 4.28. The Hall–Kier alpha value is -1.76. The van der Waals surface area contributed by atoms with Crippen molar-refractivity contribution in [3.63, 3.8) is 0 Å². The van der Waals surface area contributed by atoms with E-state index in [1.54, 1.807) is 0 Å². The maximum atomic E-state index is 2.43. The average molecular weight is 223 g/mol. The van der Waals surface area contributed by atoms with Gasteiger partial charge in [-0.15, -0.1) is 0 Å². The molecule has 2 aromatic rings. The van der Waals surface area contributed by atoms with Gasteiger partial charge in [-0.25, -0.2) is 0 Å². The van der Waals surface area contributed by atoms with E-state index in [1.165, 1.54) is 22.4 Å². The third-order valence-electron chi connectivity index (χ3n) is 3.55. The lowest BCUT2D eigenvalue weighted by atomic mass is 10.1. The molecule has 0 saturated heterocycles. The summed E-state index contributed by atoms with van der Waals surface area (Å²) in [6, 6.07) is 17.7. The highest BCUT2D eigenvalue weighted by Crippen LogP contribution is 2.28. The van der Waals surface area contributed by atoms with Crippen LogP contribution in [0.25, 0.3) is 0 Å². The van der Waals surface area contributed by atoms with Crippen LogP contribution in [0.3, 0.4) is 0 Å². The number of hydrogen-bond acceptors (Lipinski definition) is 1. The molecule has 0 bridgehead atoms. The molecule has 0 spiro atoms. The summed E-state index contributed by atoms with van der Waals surface area (Å²) in [5.74, 6) is 0. The maximum Gasteiger partial charge on any atom is 0.0436 e. The van der Waals surface area contributed by atoms with Gasteiger partial charge in [-0.05, 0) is 35.2 Å². The van der Waals surface area contributed by atoms with Crippen molar-refractivity contribution in [2.75, 3.05) is 4.90 Å². The number of nitrogens with zero attached hydrogens (tertiary/aromatic N) is 1. The Kier molecular flexibility index (Phi) is 2.60. The first-order valence-corrected chi connectivity index (χ1v) is 6.27. The van der Waals surface area contributed by atoms with E-state index in [9.17, 15) is 0 Å². The second-order valence-corrected chi connectivity index (χ2v) is 4.64. The van der Waals surface area contributed by atoms with E-state index in [2.05, 4.69) is 60.4 Å². The van der Waals surface area contributed by atoms with Crippen LogP contribution in [0, 0.1) is 0 Å². The SMILES string of the molecule is CCc1ccc(N2Cc3ccccc3C2)cc1. The highest BCUT2D eigenvalue weighted by molar-refractivity contribution is 5.52. The molecule has 2 aromatic carbocycles. The summed E-state index contributed by atoms with van der Waals surface area (Å²) in [7, 11) is 0. The van der Waals surface area contributed by atoms with Crippen LogP contribution in [0.1, 0.15) is 23.6 Å². The standard InChI is InChI=1S/C16H17N/c1-2-13-7-9-16(10-8-13)17-11-14-5-3-4-6-15(14)12-17/h3-10H,2,11-12H2,1H3. The molecule has 0 fully saturated rings. The first kappa shape index (κ1) is 10.4. The van der Waals surface area contributed by atoms with Crippen LogP contribution in [-0.2, 0) is 19.5 Å². The molecular formula is C16H17N. The number of anilines is 1. The maximum absolute atomic E-state index is 2.43. The molecule has 0 unspecified atom stereocenters.